The topological polar surface area (TPSA) is 308 Å². The minimum Gasteiger partial charge on any atom is -0.478 e. The number of anilines is 3. The Morgan fingerprint density at radius 3 is 1.36 bits per heavy atom. The number of carboxylic acids is 1. The fraction of sp³-hybridized carbons (Fsp3) is 0.0625. The van der Waals surface area contributed by atoms with Gasteiger partial charge in [0, 0.05) is 37.2 Å². The highest BCUT2D eigenvalue weighted by molar-refractivity contribution is 6.09. The van der Waals surface area contributed by atoms with Crippen LogP contribution < -0.4 is 16.0 Å². The van der Waals surface area contributed by atoms with Gasteiger partial charge in [-0.3, -0.25) is 28.1 Å². The molecule has 4 N–H and O–H groups in total. The number of para-hydroxylation sites is 1. The van der Waals surface area contributed by atoms with Crippen molar-refractivity contribution in [2.24, 2.45) is 0 Å². The van der Waals surface area contributed by atoms with Gasteiger partial charge in [0.15, 0.2) is 57.8 Å². The van der Waals surface area contributed by atoms with Crippen molar-refractivity contribution in [2.75, 3.05) is 30.2 Å². The molecule has 0 atom stereocenters. The lowest BCUT2D eigenvalue weighted by Crippen LogP contribution is -2.21. The van der Waals surface area contributed by atoms with Gasteiger partial charge in [-0.1, -0.05) is 12.1 Å². The molecule has 0 aliphatic rings. The lowest BCUT2D eigenvalue weighted by Gasteiger charge is -2.13. The number of halogens is 5. The Balaban J connectivity index is 0.000000169. The molecule has 29 heteroatoms. The molecule has 0 saturated heterocycles. The number of hydrogen-bond donors (Lipinski definition) is 4. The fourth-order valence-electron chi connectivity index (χ4n) is 6.48. The smallest absolute Gasteiger partial charge is 0.343 e. The Morgan fingerprint density at radius 1 is 0.506 bits per heavy atom. The van der Waals surface area contributed by atoms with Crippen LogP contribution in [0, 0.1) is 36.0 Å². The van der Waals surface area contributed by atoms with Crippen molar-refractivity contribution in [3.63, 3.8) is 0 Å². The van der Waals surface area contributed by atoms with Gasteiger partial charge in [0.1, 0.15) is 30.4 Å². The van der Waals surface area contributed by atoms with E-state index in [1.54, 1.807) is 89.3 Å². The van der Waals surface area contributed by atoms with E-state index in [0.717, 1.165) is 13.2 Å². The summed E-state index contributed by atoms with van der Waals surface area (Å²) in [5.74, 6) is -13.4. The van der Waals surface area contributed by atoms with Gasteiger partial charge >= 0.3 is 17.9 Å². The maximum absolute atomic E-state index is 14.1. The highest BCUT2D eigenvalue weighted by Crippen LogP contribution is 2.30. The van der Waals surface area contributed by atoms with Gasteiger partial charge < -0.3 is 30.5 Å². The number of aromatic nitrogens is 12. The first-order valence-electron chi connectivity index (χ1n) is 21.5. The zero-order chi connectivity index (χ0) is 55.3. The molecule has 0 unspecified atom stereocenters. The second-order valence-electron chi connectivity index (χ2n) is 15.1. The SMILES string of the molecule is COC(=O)c1c(F)c(F)c(F)c(F)c1NC(=O)c1ccc(-n2ccnc2)nn1.COC(=O)c1cc(F)cc(C)c1NC(=O)c1ccc(-n2ccnc2)nn1.O=C(Nc1ccccc1C(=O)O)c1ccc(-n2ccnc2)nn1. The summed E-state index contributed by atoms with van der Waals surface area (Å²) in [6, 6.07) is 17.1. The van der Waals surface area contributed by atoms with Crippen LogP contribution in [0.1, 0.15) is 68.1 Å². The molecule has 0 saturated carbocycles. The van der Waals surface area contributed by atoms with E-state index in [9.17, 15) is 50.7 Å². The number of nitrogens with one attached hydrogen (secondary N) is 3. The summed E-state index contributed by atoms with van der Waals surface area (Å²) in [6.45, 7) is 1.57. The van der Waals surface area contributed by atoms with Gasteiger partial charge in [0.2, 0.25) is 0 Å². The summed E-state index contributed by atoms with van der Waals surface area (Å²) in [5.41, 5.74) is -2.14. The first-order valence-corrected chi connectivity index (χ1v) is 21.5. The molecule has 9 aromatic rings. The summed E-state index contributed by atoms with van der Waals surface area (Å²) < 4.78 is 82.2. The van der Waals surface area contributed by atoms with Crippen molar-refractivity contribution in [1.29, 1.82) is 0 Å². The van der Waals surface area contributed by atoms with Crippen molar-refractivity contribution in [1.82, 2.24) is 59.2 Å². The van der Waals surface area contributed by atoms with E-state index >= 15 is 0 Å². The number of rotatable bonds is 12. The monoisotopic (exact) mass is 1060 g/mol. The molecule has 0 radical (unpaired) electrons. The molecule has 24 nitrogen and oxygen atoms in total. The number of hydrogen-bond acceptors (Lipinski definition) is 17. The van der Waals surface area contributed by atoms with Gasteiger partial charge in [-0.05, 0) is 73.2 Å². The quantitative estimate of drug-likeness (QED) is 0.0470. The molecular formula is C48H34F5N15O9. The lowest BCUT2D eigenvalue weighted by atomic mass is 10.1. The van der Waals surface area contributed by atoms with Crippen LogP contribution in [0.3, 0.4) is 0 Å². The first-order chi connectivity index (χ1) is 37.0. The zero-order valence-electron chi connectivity index (χ0n) is 39.6. The molecular weight excluding hydrogens is 1030 g/mol. The van der Waals surface area contributed by atoms with Crippen molar-refractivity contribution in [3.05, 3.63) is 197 Å². The Hall–Kier alpha value is -11.0. The molecule has 390 valence electrons. The number of nitrogens with zero attached hydrogens (tertiary/aromatic N) is 12. The molecule has 0 fully saturated rings. The Morgan fingerprint density at radius 2 is 0.948 bits per heavy atom. The van der Waals surface area contributed by atoms with E-state index in [-0.39, 0.29) is 39.6 Å². The maximum Gasteiger partial charge on any atom is 0.343 e. The number of carbonyl (C=O) groups excluding carboxylic acids is 5. The van der Waals surface area contributed by atoms with E-state index in [1.165, 1.54) is 66.7 Å². The van der Waals surface area contributed by atoms with Gasteiger partial charge in [0.25, 0.3) is 17.7 Å². The summed E-state index contributed by atoms with van der Waals surface area (Å²) in [7, 11) is 1.99. The Labute approximate surface area is 428 Å². The standard InChI is InChI=1S/C17H14FN5O3.C16H9F4N5O3.C15H11N5O3/c1-10-7-11(18)8-12(17(25)26-2)15(10)20-16(24)13-3-4-14(22-21-13)23-6-5-19-9-23;1-28-16(27)9-10(17)11(18)12(19)13(20)14(9)22-15(26)7-2-3-8(24-23-7)25-5-4-21-6-25;21-14(17-11-4-2-1-3-10(11)15(22)23)12-5-6-13(19-18-12)20-8-7-16-9-20/h3-9H,1-2H3,(H,20,24);2-6H,1H3,(H,22,26);1-9H,(H,17,21)(H,22,23). The number of ether oxygens (including phenoxy) is 2. The van der Waals surface area contributed by atoms with E-state index in [2.05, 4.69) is 65.7 Å². The molecule has 3 amide bonds. The molecule has 9 rings (SSSR count). The average Bonchev–Trinajstić information content (AvgIpc) is 4.30. The Bertz CT molecular complexity index is 3610. The highest BCUT2D eigenvalue weighted by atomic mass is 19.2. The predicted molar refractivity (Wildman–Crippen MR) is 255 cm³/mol. The van der Waals surface area contributed by atoms with Crippen LogP contribution in [0.4, 0.5) is 39.0 Å². The van der Waals surface area contributed by atoms with Crippen LogP contribution in [0.5, 0.6) is 0 Å². The summed E-state index contributed by atoms with van der Waals surface area (Å²) in [4.78, 5) is 83.1. The number of carboxylic acid groups (broad SMARTS) is 1. The third kappa shape index (κ3) is 12.6. The van der Waals surface area contributed by atoms with E-state index < -0.39 is 76.0 Å². The van der Waals surface area contributed by atoms with Crippen LogP contribution in [-0.2, 0) is 9.47 Å². The number of benzene rings is 3. The van der Waals surface area contributed by atoms with E-state index in [4.69, 9.17) is 5.11 Å². The van der Waals surface area contributed by atoms with Crippen molar-refractivity contribution < 1.29 is 65.3 Å². The number of esters is 2. The molecule has 0 bridgehead atoms. The van der Waals surface area contributed by atoms with Crippen LogP contribution in [0.2, 0.25) is 0 Å². The average molecular weight is 1060 g/mol. The minimum atomic E-state index is -2.22. The maximum atomic E-state index is 14.1. The van der Waals surface area contributed by atoms with Crippen molar-refractivity contribution >= 4 is 52.7 Å². The third-order valence-corrected chi connectivity index (χ3v) is 10.2. The third-order valence-electron chi connectivity index (χ3n) is 10.2. The number of carbonyl (C=O) groups is 6. The van der Waals surface area contributed by atoms with Gasteiger partial charge in [-0.15, -0.1) is 30.6 Å². The Kier molecular flexibility index (Phi) is 16.9. The molecule has 0 aliphatic carbocycles. The lowest BCUT2D eigenvalue weighted by molar-refractivity contribution is 0.0588. The van der Waals surface area contributed by atoms with Crippen LogP contribution in [0.25, 0.3) is 17.5 Å². The summed E-state index contributed by atoms with van der Waals surface area (Å²) in [5, 5.41) is 38.9. The van der Waals surface area contributed by atoms with Crippen molar-refractivity contribution in [2.45, 2.75) is 6.92 Å². The molecule has 77 heavy (non-hydrogen) atoms. The fourth-order valence-corrected chi connectivity index (χ4v) is 6.48. The second kappa shape index (κ2) is 24.1. The number of aromatic carboxylic acids is 1. The second-order valence-corrected chi connectivity index (χ2v) is 15.1. The van der Waals surface area contributed by atoms with Gasteiger partial charge in [0.05, 0.1) is 42.4 Å². The molecule has 6 heterocycles. The summed E-state index contributed by atoms with van der Waals surface area (Å²) in [6.07, 6.45) is 14.2. The minimum absolute atomic E-state index is 0.00356. The first kappa shape index (κ1) is 53.8. The van der Waals surface area contributed by atoms with Gasteiger partial charge in [-0.25, -0.2) is 51.3 Å². The number of imidazole rings is 3. The largest absolute Gasteiger partial charge is 0.478 e. The molecule has 3 aromatic carbocycles. The van der Waals surface area contributed by atoms with E-state index in [1.807, 2.05) is 0 Å². The number of aryl methyl sites for hydroxylation is 1. The molecule has 0 aliphatic heterocycles. The van der Waals surface area contributed by atoms with Crippen LogP contribution in [-0.4, -0.2) is 114 Å². The zero-order valence-corrected chi connectivity index (χ0v) is 39.6. The number of methoxy groups -OCH3 is 2. The normalized spacial score (nSPS) is 10.4. The van der Waals surface area contributed by atoms with E-state index in [0.29, 0.717) is 23.0 Å². The molecule has 6 aromatic heterocycles. The highest BCUT2D eigenvalue weighted by Gasteiger charge is 2.31. The summed E-state index contributed by atoms with van der Waals surface area (Å²) >= 11 is 0. The van der Waals surface area contributed by atoms with Crippen LogP contribution in [0.15, 0.2) is 129 Å². The van der Waals surface area contributed by atoms with Crippen LogP contribution >= 0.6 is 0 Å². The predicted octanol–water partition coefficient (Wildman–Crippen LogP) is 6.02. The molecule has 0 spiro atoms. The van der Waals surface area contributed by atoms with Gasteiger partial charge in [-0.2, -0.15) is 0 Å². The van der Waals surface area contributed by atoms with Crippen molar-refractivity contribution in [3.8, 4) is 17.5 Å². The number of amides is 3.